The van der Waals surface area contributed by atoms with Gasteiger partial charge in [-0.2, -0.15) is 0 Å². The van der Waals surface area contributed by atoms with E-state index in [2.05, 4.69) is 4.90 Å². The number of methoxy groups -OCH3 is 1. The van der Waals surface area contributed by atoms with Crippen LogP contribution in [-0.4, -0.2) is 50.3 Å². The second-order valence-corrected chi connectivity index (χ2v) is 5.14. The maximum Gasteiger partial charge on any atom is 0.328 e. The lowest BCUT2D eigenvalue weighted by molar-refractivity contribution is -0.131. The van der Waals surface area contributed by atoms with Crippen molar-refractivity contribution in [1.82, 2.24) is 4.90 Å². The molecule has 0 amide bonds. The molecule has 1 rings (SSSR count). The average molecular weight is 314 g/mol. The van der Waals surface area contributed by atoms with Gasteiger partial charge in [0.05, 0.1) is 13.7 Å². The first-order chi connectivity index (χ1) is 9.93. The fourth-order valence-electron chi connectivity index (χ4n) is 1.73. The maximum absolute atomic E-state index is 10.7. The largest absolute Gasteiger partial charge is 0.493 e. The van der Waals surface area contributed by atoms with Gasteiger partial charge in [0.2, 0.25) is 0 Å². The van der Waals surface area contributed by atoms with Crippen molar-refractivity contribution >= 4 is 23.6 Å². The molecule has 116 valence electrons. The summed E-state index contributed by atoms with van der Waals surface area (Å²) >= 11 is 6.00. The minimum atomic E-state index is -1.03. The third-order valence-electron chi connectivity index (χ3n) is 2.67. The molecule has 0 aliphatic heterocycles. The molecule has 0 heterocycles. The van der Waals surface area contributed by atoms with Crippen molar-refractivity contribution in [2.24, 2.45) is 0 Å². The average Bonchev–Trinajstić information content (AvgIpc) is 2.41. The lowest BCUT2D eigenvalue weighted by Crippen LogP contribution is -2.15. The number of ether oxygens (including phenoxy) is 2. The number of carboxylic acid groups (broad SMARTS) is 1. The van der Waals surface area contributed by atoms with Gasteiger partial charge in [-0.15, -0.1) is 0 Å². The first kappa shape index (κ1) is 17.3. The van der Waals surface area contributed by atoms with Gasteiger partial charge in [0.15, 0.2) is 11.5 Å². The van der Waals surface area contributed by atoms with E-state index >= 15 is 0 Å². The van der Waals surface area contributed by atoms with Gasteiger partial charge >= 0.3 is 5.97 Å². The summed E-state index contributed by atoms with van der Waals surface area (Å²) in [7, 11) is 5.50. The Labute approximate surface area is 129 Å². The normalized spacial score (nSPS) is 11.1. The molecule has 5 nitrogen and oxygen atoms in total. The Kier molecular flexibility index (Phi) is 7.05. The van der Waals surface area contributed by atoms with Crippen molar-refractivity contribution in [2.75, 3.05) is 34.4 Å². The molecule has 0 aromatic heterocycles. The predicted octanol–water partition coefficient (Wildman–Crippen LogP) is 2.78. The van der Waals surface area contributed by atoms with Gasteiger partial charge in [0.1, 0.15) is 0 Å². The molecule has 0 atom stereocenters. The van der Waals surface area contributed by atoms with Crippen LogP contribution in [0.4, 0.5) is 0 Å². The zero-order valence-corrected chi connectivity index (χ0v) is 13.2. The lowest BCUT2D eigenvalue weighted by Gasteiger charge is -2.15. The summed E-state index contributed by atoms with van der Waals surface area (Å²) in [5, 5.41) is 9.20. The zero-order valence-electron chi connectivity index (χ0n) is 12.4. The molecule has 0 spiro atoms. The van der Waals surface area contributed by atoms with Gasteiger partial charge in [-0.3, -0.25) is 0 Å². The molecule has 6 heteroatoms. The van der Waals surface area contributed by atoms with E-state index in [4.69, 9.17) is 26.2 Å². The van der Waals surface area contributed by atoms with Gasteiger partial charge in [0.25, 0.3) is 0 Å². The number of hydrogen-bond acceptors (Lipinski definition) is 4. The minimum absolute atomic E-state index is 0.456. The van der Waals surface area contributed by atoms with Gasteiger partial charge in [0, 0.05) is 29.3 Å². The Morgan fingerprint density at radius 2 is 2.14 bits per heavy atom. The number of carboxylic acids is 1. The standard InChI is InChI=1S/C15H20ClNO4/c1-17(2)7-4-8-21-15-11(5-6-14(18)19)9-12(16)10-13(15)20-3/h5-6,9-10H,4,7-8H2,1-3H3,(H,18,19)/b6-5+. The van der Waals surface area contributed by atoms with Crippen LogP contribution in [0, 0.1) is 0 Å². The molecule has 0 radical (unpaired) electrons. The Balaban J connectivity index is 2.94. The van der Waals surface area contributed by atoms with Crippen LogP contribution in [0.25, 0.3) is 6.08 Å². The van der Waals surface area contributed by atoms with Gasteiger partial charge in [-0.25, -0.2) is 4.79 Å². The molecule has 0 unspecified atom stereocenters. The molecule has 1 aromatic carbocycles. The summed E-state index contributed by atoms with van der Waals surface area (Å²) in [6.07, 6.45) is 3.33. The fraction of sp³-hybridized carbons (Fsp3) is 0.400. The van der Waals surface area contributed by atoms with Gasteiger partial charge < -0.3 is 19.5 Å². The van der Waals surface area contributed by atoms with E-state index in [0.29, 0.717) is 28.7 Å². The quantitative estimate of drug-likeness (QED) is 0.591. The molecule has 0 saturated heterocycles. The lowest BCUT2D eigenvalue weighted by atomic mass is 10.1. The van der Waals surface area contributed by atoms with E-state index in [0.717, 1.165) is 19.0 Å². The summed E-state index contributed by atoms with van der Waals surface area (Å²) in [5.41, 5.74) is 0.576. The molecule has 0 aliphatic rings. The van der Waals surface area contributed by atoms with E-state index in [1.807, 2.05) is 14.1 Å². The Bertz CT molecular complexity index is 515. The summed E-state index contributed by atoms with van der Waals surface area (Å²) in [6, 6.07) is 3.28. The molecule has 0 bridgehead atoms. The third-order valence-corrected chi connectivity index (χ3v) is 2.89. The molecule has 0 aliphatic carbocycles. The monoisotopic (exact) mass is 313 g/mol. The van der Waals surface area contributed by atoms with E-state index in [-0.39, 0.29) is 0 Å². The molecular weight excluding hydrogens is 294 g/mol. The molecule has 0 saturated carbocycles. The molecule has 0 fully saturated rings. The molecule has 21 heavy (non-hydrogen) atoms. The van der Waals surface area contributed by atoms with Crippen LogP contribution >= 0.6 is 11.6 Å². The van der Waals surface area contributed by atoms with Crippen molar-refractivity contribution in [3.63, 3.8) is 0 Å². The van der Waals surface area contributed by atoms with Crippen molar-refractivity contribution in [3.05, 3.63) is 28.8 Å². The predicted molar refractivity (Wildman–Crippen MR) is 83.3 cm³/mol. The van der Waals surface area contributed by atoms with Crippen LogP contribution in [0.2, 0.25) is 5.02 Å². The molecule has 1 N–H and O–H groups in total. The van der Waals surface area contributed by atoms with Crippen molar-refractivity contribution in [3.8, 4) is 11.5 Å². The van der Waals surface area contributed by atoms with Crippen LogP contribution in [0.3, 0.4) is 0 Å². The summed E-state index contributed by atoms with van der Waals surface area (Å²) in [6.45, 7) is 1.40. The first-order valence-electron chi connectivity index (χ1n) is 6.50. The Morgan fingerprint density at radius 3 is 2.71 bits per heavy atom. The highest BCUT2D eigenvalue weighted by molar-refractivity contribution is 6.31. The van der Waals surface area contributed by atoms with E-state index < -0.39 is 5.97 Å². The second kappa shape index (κ2) is 8.54. The number of benzene rings is 1. The van der Waals surface area contributed by atoms with E-state index in [1.54, 1.807) is 12.1 Å². The number of halogens is 1. The smallest absolute Gasteiger partial charge is 0.328 e. The Morgan fingerprint density at radius 1 is 1.43 bits per heavy atom. The van der Waals surface area contributed by atoms with Crippen LogP contribution in [0.1, 0.15) is 12.0 Å². The number of nitrogens with zero attached hydrogens (tertiary/aromatic N) is 1. The summed E-state index contributed by atoms with van der Waals surface area (Å²) < 4.78 is 11.0. The molecular formula is C15H20ClNO4. The summed E-state index contributed by atoms with van der Waals surface area (Å²) in [5.74, 6) is -0.0527. The van der Waals surface area contributed by atoms with Crippen LogP contribution in [0.5, 0.6) is 11.5 Å². The van der Waals surface area contributed by atoms with Crippen LogP contribution in [0.15, 0.2) is 18.2 Å². The number of hydrogen-bond donors (Lipinski definition) is 1. The van der Waals surface area contributed by atoms with Crippen molar-refractivity contribution in [2.45, 2.75) is 6.42 Å². The van der Waals surface area contributed by atoms with Gasteiger partial charge in [-0.1, -0.05) is 11.6 Å². The fourth-order valence-corrected chi connectivity index (χ4v) is 1.95. The van der Waals surface area contributed by atoms with E-state index in [1.165, 1.54) is 13.2 Å². The minimum Gasteiger partial charge on any atom is -0.493 e. The third kappa shape index (κ3) is 6.06. The number of carbonyl (C=O) groups is 1. The van der Waals surface area contributed by atoms with Crippen molar-refractivity contribution in [1.29, 1.82) is 0 Å². The Hall–Kier alpha value is -1.72. The summed E-state index contributed by atoms with van der Waals surface area (Å²) in [4.78, 5) is 12.7. The van der Waals surface area contributed by atoms with E-state index in [9.17, 15) is 4.79 Å². The van der Waals surface area contributed by atoms with Crippen LogP contribution in [-0.2, 0) is 4.79 Å². The first-order valence-corrected chi connectivity index (χ1v) is 6.88. The highest BCUT2D eigenvalue weighted by Crippen LogP contribution is 2.35. The highest BCUT2D eigenvalue weighted by Gasteiger charge is 2.11. The number of aliphatic carboxylic acids is 1. The topological polar surface area (TPSA) is 59.0 Å². The zero-order chi connectivity index (χ0) is 15.8. The second-order valence-electron chi connectivity index (χ2n) is 4.70. The highest BCUT2D eigenvalue weighted by atomic mass is 35.5. The van der Waals surface area contributed by atoms with Crippen molar-refractivity contribution < 1.29 is 19.4 Å². The number of rotatable bonds is 8. The van der Waals surface area contributed by atoms with Crippen LogP contribution < -0.4 is 9.47 Å². The molecule has 1 aromatic rings. The van der Waals surface area contributed by atoms with Gasteiger partial charge in [-0.05, 0) is 32.7 Å². The maximum atomic E-state index is 10.7. The SMILES string of the molecule is COc1cc(Cl)cc(/C=C/C(=O)O)c1OCCCN(C)C.